The largest absolute Gasteiger partial charge is 0.457 e. The average molecular weight is 1310 g/mol. The Balaban J connectivity index is 0.000000158. The highest BCUT2D eigenvalue weighted by Crippen LogP contribution is 2.55. The first kappa shape index (κ1) is 67.5. The van der Waals surface area contributed by atoms with Crippen LogP contribution < -0.4 is 42.5 Å². The molecule has 1 spiro atoms. The van der Waals surface area contributed by atoms with Crippen LogP contribution in [0.3, 0.4) is 0 Å². The Bertz CT molecular complexity index is 4250. The van der Waals surface area contributed by atoms with Crippen molar-refractivity contribution in [2.75, 3.05) is 52.6 Å². The number of hydrogen-bond acceptors (Lipinski definition) is 15. The van der Waals surface area contributed by atoms with E-state index in [9.17, 15) is 28.8 Å². The number of primary amides is 3. The number of aromatic nitrogens is 5. The zero-order chi connectivity index (χ0) is 67.9. The van der Waals surface area contributed by atoms with Crippen LogP contribution in [-0.4, -0.2) is 128 Å². The predicted molar refractivity (Wildman–Crippen MR) is 369 cm³/mol. The number of benzene rings is 6. The van der Waals surface area contributed by atoms with Crippen molar-refractivity contribution >= 4 is 52.6 Å². The number of thiazole rings is 1. The molecule has 9 N–H and O–H groups in total. The van der Waals surface area contributed by atoms with E-state index in [1.807, 2.05) is 194 Å². The van der Waals surface area contributed by atoms with Gasteiger partial charge in [-0.1, -0.05) is 73.8 Å². The van der Waals surface area contributed by atoms with Gasteiger partial charge in [-0.15, -0.1) is 11.3 Å². The van der Waals surface area contributed by atoms with Crippen LogP contribution in [0.1, 0.15) is 67.1 Å². The minimum absolute atomic E-state index is 0.00543. The van der Waals surface area contributed by atoms with Crippen LogP contribution in [0.25, 0.3) is 33.8 Å². The van der Waals surface area contributed by atoms with Crippen LogP contribution in [0.2, 0.25) is 0 Å². The molecule has 2 saturated heterocycles. The molecule has 12 rings (SSSR count). The van der Waals surface area contributed by atoms with Gasteiger partial charge in [-0.2, -0.15) is 10.2 Å². The molecule has 23 heteroatoms. The van der Waals surface area contributed by atoms with E-state index in [-0.39, 0.29) is 46.6 Å². The Labute approximate surface area is 560 Å². The fourth-order valence-corrected chi connectivity index (χ4v) is 12.5. The van der Waals surface area contributed by atoms with Gasteiger partial charge >= 0.3 is 0 Å². The number of likely N-dealkylation sites (N-methyl/N-ethyl adjacent to an activating group) is 1. The molecule has 3 fully saturated rings. The van der Waals surface area contributed by atoms with E-state index in [0.717, 1.165) is 71.2 Å². The van der Waals surface area contributed by atoms with E-state index < -0.39 is 17.7 Å². The lowest BCUT2D eigenvalue weighted by Crippen LogP contribution is -2.63. The third-order valence-corrected chi connectivity index (χ3v) is 17.4. The van der Waals surface area contributed by atoms with Gasteiger partial charge in [-0.05, 0) is 161 Å². The molecule has 0 radical (unpaired) electrons. The first-order chi connectivity index (χ1) is 46.4. The Morgan fingerprint density at radius 1 is 0.646 bits per heavy atom. The quantitative estimate of drug-likeness (QED) is 0.0372. The molecule has 22 nitrogen and oxygen atoms in total. The van der Waals surface area contributed by atoms with Crippen molar-refractivity contribution in [3.63, 3.8) is 0 Å². The van der Waals surface area contributed by atoms with Gasteiger partial charge in [0, 0.05) is 73.5 Å². The molecule has 9 aromatic rings. The fraction of sp³-hybridized carbons (Fsp3) is 0.219. The predicted octanol–water partition coefficient (Wildman–Crippen LogP) is 10.5. The van der Waals surface area contributed by atoms with Gasteiger partial charge in [0.25, 0.3) is 17.7 Å². The summed E-state index contributed by atoms with van der Waals surface area (Å²) in [4.78, 5) is 82.5. The molecule has 1 atom stereocenters. The number of ether oxygens (including phenoxy) is 3. The number of nitrogens with one attached hydrogen (secondary N) is 1. The monoisotopic (exact) mass is 1310 g/mol. The molecule has 1 aliphatic carbocycles. The van der Waals surface area contributed by atoms with E-state index in [2.05, 4.69) is 33.7 Å². The number of amides is 6. The molecule has 3 aliphatic rings. The summed E-state index contributed by atoms with van der Waals surface area (Å²) in [6.07, 6.45) is 11.8. The minimum atomic E-state index is -0.612. The Kier molecular flexibility index (Phi) is 21.8. The standard InChI is InChI=1S/C27H31N5O3.C25H25N5O3.C21H19N3O3S/c1-30(2)16-7-11-25(33)32-17-6-8-21(32)18-31-19-24(27(28)34)26(29-31)20-12-14-23(15-13-20)35-22-9-4-3-5-10-22;1-2-20(31)29-14-25(15-29)12-17(13-25)30-23(26)21(24(27)32)22(28-30)16-8-10-19(11-9-16)33-18-6-4-3-5-7-18;1-2-17(25)23-13-12-18-24-19(20(28-18)21(22)26)14-8-10-16(11-9-14)27-15-6-4-3-5-7-15/h3-5,7,9-15,19,21H,6,8,16-18H2,1-2H3,(H2,28,34);2-11,17H,1,12-15,26H2,(H2,27,32);2-11H,1,12-13H2,(H2,22,26)(H,23,25)/b11-7+;;/t21-;;/m0../s1. The Hall–Kier alpha value is -11.4. The first-order valence-corrected chi connectivity index (χ1v) is 32.0. The fourth-order valence-electron chi connectivity index (χ4n) is 11.6. The van der Waals surface area contributed by atoms with Crippen LogP contribution in [0.15, 0.2) is 207 Å². The molecule has 5 heterocycles. The van der Waals surface area contributed by atoms with Gasteiger partial charge in [-0.25, -0.2) is 9.67 Å². The number of para-hydroxylation sites is 3. The summed E-state index contributed by atoms with van der Waals surface area (Å²) >= 11 is 1.23. The van der Waals surface area contributed by atoms with Gasteiger partial charge in [0.15, 0.2) is 0 Å². The van der Waals surface area contributed by atoms with Crippen LogP contribution in [0.4, 0.5) is 5.82 Å². The van der Waals surface area contributed by atoms with Crippen molar-refractivity contribution in [2.45, 2.75) is 50.7 Å². The zero-order valence-electron chi connectivity index (χ0n) is 53.3. The maximum Gasteiger partial charge on any atom is 0.261 e. The molecule has 6 amide bonds. The van der Waals surface area contributed by atoms with E-state index in [1.54, 1.807) is 26.5 Å². The van der Waals surface area contributed by atoms with Crippen molar-refractivity contribution in [3.05, 3.63) is 228 Å². The highest BCUT2D eigenvalue weighted by atomic mass is 32.1. The molecule has 6 aromatic carbocycles. The molecule has 1 saturated carbocycles. The maximum absolute atomic E-state index is 12.7. The highest BCUT2D eigenvalue weighted by molar-refractivity contribution is 7.14. The minimum Gasteiger partial charge on any atom is -0.457 e. The van der Waals surface area contributed by atoms with Crippen molar-refractivity contribution < 1.29 is 43.0 Å². The van der Waals surface area contributed by atoms with Crippen molar-refractivity contribution in [1.82, 2.24) is 44.6 Å². The van der Waals surface area contributed by atoms with Gasteiger partial charge in [0.05, 0.1) is 34.9 Å². The van der Waals surface area contributed by atoms with Crippen molar-refractivity contribution in [1.29, 1.82) is 0 Å². The molecular formula is C73H75N13O9S. The van der Waals surface area contributed by atoms with Gasteiger partial charge < -0.3 is 57.2 Å². The first-order valence-electron chi connectivity index (χ1n) is 31.1. The molecule has 0 bridgehead atoms. The Morgan fingerprint density at radius 2 is 1.16 bits per heavy atom. The lowest BCUT2D eigenvalue weighted by Gasteiger charge is -2.58. The highest BCUT2D eigenvalue weighted by Gasteiger charge is 2.54. The number of nitrogen functional groups attached to an aromatic ring is 1. The second kappa shape index (κ2) is 31.0. The summed E-state index contributed by atoms with van der Waals surface area (Å²) in [6, 6.07) is 50.6. The Morgan fingerprint density at radius 3 is 1.64 bits per heavy atom. The molecule has 0 unspecified atom stereocenters. The summed E-state index contributed by atoms with van der Waals surface area (Å²) in [7, 11) is 3.92. The third-order valence-electron chi connectivity index (χ3n) is 16.3. The molecule has 3 aromatic heterocycles. The maximum atomic E-state index is 12.7. The van der Waals surface area contributed by atoms with Gasteiger partial charge in [0.2, 0.25) is 17.7 Å². The van der Waals surface area contributed by atoms with E-state index in [0.29, 0.717) is 83.9 Å². The number of anilines is 1. The molecule has 96 heavy (non-hydrogen) atoms. The second-order valence-corrected chi connectivity index (χ2v) is 24.6. The summed E-state index contributed by atoms with van der Waals surface area (Å²) in [5.41, 5.74) is 27.6. The lowest BCUT2D eigenvalue weighted by atomic mass is 9.60. The van der Waals surface area contributed by atoms with Crippen LogP contribution in [0, 0.1) is 5.41 Å². The number of likely N-dealkylation sites (tertiary alicyclic amines) is 2. The smallest absolute Gasteiger partial charge is 0.261 e. The second-order valence-electron chi connectivity index (χ2n) is 23.6. The summed E-state index contributed by atoms with van der Waals surface area (Å²) in [5.74, 6) is 2.56. The van der Waals surface area contributed by atoms with Crippen molar-refractivity contribution in [3.8, 4) is 68.3 Å². The summed E-state index contributed by atoms with van der Waals surface area (Å²) in [6.45, 7) is 10.7. The van der Waals surface area contributed by atoms with Gasteiger partial charge in [-0.3, -0.25) is 33.4 Å². The van der Waals surface area contributed by atoms with Crippen LogP contribution in [-0.2, 0) is 27.3 Å². The van der Waals surface area contributed by atoms with Crippen molar-refractivity contribution in [2.24, 2.45) is 22.6 Å². The summed E-state index contributed by atoms with van der Waals surface area (Å²) < 4.78 is 20.9. The van der Waals surface area contributed by atoms with Crippen LogP contribution in [0.5, 0.6) is 34.5 Å². The van der Waals surface area contributed by atoms with E-state index in [1.165, 1.54) is 23.5 Å². The van der Waals surface area contributed by atoms with E-state index in [4.69, 9.17) is 37.1 Å². The van der Waals surface area contributed by atoms with Crippen LogP contribution >= 0.6 is 11.3 Å². The van der Waals surface area contributed by atoms with Gasteiger partial charge in [0.1, 0.15) is 62.1 Å². The molecule has 2 aliphatic heterocycles. The van der Waals surface area contributed by atoms with E-state index >= 15 is 0 Å². The number of nitrogens with zero attached hydrogens (tertiary/aromatic N) is 8. The molecular weight excluding hydrogens is 1230 g/mol. The third kappa shape index (κ3) is 16.8. The molecule has 492 valence electrons. The number of nitrogens with two attached hydrogens (primary N) is 4. The number of hydrogen-bond donors (Lipinski definition) is 5. The number of carbonyl (C=O) groups excluding carboxylic acids is 6. The summed E-state index contributed by atoms with van der Waals surface area (Å²) in [5, 5.41) is 12.8. The average Bonchev–Trinajstić information content (AvgIpc) is 1.18. The SMILES string of the molecule is C=CC(=O)N1CC2(CC(n3nc(-c4ccc(Oc5ccccc5)cc4)c(C(N)=O)c3N)C2)C1.C=CC(=O)NCCc1nc(-c2ccc(Oc3ccccc3)cc2)c(C(N)=O)s1.CN(C)C/C=C/C(=O)N1CCC[C@H]1Cn1cc(C(N)=O)c(-c2ccc(Oc3ccccc3)cc2)n1. The zero-order valence-corrected chi connectivity index (χ0v) is 54.1. The lowest BCUT2D eigenvalue weighted by molar-refractivity contribution is -0.148. The normalized spacial score (nSPS) is 14.5. The number of rotatable bonds is 23. The topological polar surface area (TPSA) is 304 Å². The number of carbonyl (C=O) groups is 6.